The van der Waals surface area contributed by atoms with Gasteiger partial charge in [-0.05, 0) is 82.0 Å². The molecule has 2 heterocycles. The highest BCUT2D eigenvalue weighted by Crippen LogP contribution is 2.29. The molecule has 2 unspecified atom stereocenters. The Bertz CT molecular complexity index is 1560. The number of piperazine rings is 1. The highest BCUT2D eigenvalue weighted by atomic mass is 16.6. The molecule has 5 atom stereocenters. The number of nitrogens with one attached hydrogen (secondary N) is 4. The number of carbonyl (C=O) groups is 5. The number of hydrogen-bond acceptors (Lipinski definition) is 8. The average molecular weight is 775 g/mol. The van der Waals surface area contributed by atoms with Crippen LogP contribution >= 0.6 is 0 Å². The maximum Gasteiger partial charge on any atom is 0.243 e. The van der Waals surface area contributed by atoms with Crippen molar-refractivity contribution in [3.8, 4) is 0 Å². The van der Waals surface area contributed by atoms with Crippen LogP contribution in [-0.2, 0) is 41.6 Å². The molecule has 2 aromatic rings. The molecule has 4 amide bonds. The number of carbonyl (C=O) groups excluding carboxylic acids is 5. The molecular formula is C44H66N6O6. The van der Waals surface area contributed by atoms with Gasteiger partial charge >= 0.3 is 0 Å². The van der Waals surface area contributed by atoms with Crippen molar-refractivity contribution in [2.75, 3.05) is 46.4 Å². The van der Waals surface area contributed by atoms with Crippen LogP contribution in [0.1, 0.15) is 84.3 Å². The maximum absolute atomic E-state index is 14.1. The summed E-state index contributed by atoms with van der Waals surface area (Å²) < 4.78 is 5.42. The molecule has 12 heteroatoms. The number of likely N-dealkylation sites (N-methyl/N-ethyl adjacent to an activating group) is 1. The smallest absolute Gasteiger partial charge is 0.243 e. The van der Waals surface area contributed by atoms with E-state index in [0.29, 0.717) is 45.1 Å². The Balaban J connectivity index is 1.45. The number of nitrogens with zero attached hydrogens (tertiary/aromatic N) is 2. The van der Waals surface area contributed by atoms with Gasteiger partial charge in [-0.25, -0.2) is 0 Å². The lowest BCUT2D eigenvalue weighted by Crippen LogP contribution is -2.59. The van der Waals surface area contributed by atoms with E-state index in [9.17, 15) is 24.0 Å². The van der Waals surface area contributed by atoms with Crippen molar-refractivity contribution in [1.29, 1.82) is 0 Å². The van der Waals surface area contributed by atoms with Gasteiger partial charge in [0.1, 0.15) is 23.7 Å². The Morgan fingerprint density at radius 3 is 1.79 bits per heavy atom. The molecule has 0 radical (unpaired) electrons. The van der Waals surface area contributed by atoms with Crippen molar-refractivity contribution >= 4 is 29.4 Å². The number of benzene rings is 2. The van der Waals surface area contributed by atoms with Gasteiger partial charge in [-0.1, -0.05) is 88.4 Å². The Morgan fingerprint density at radius 1 is 0.679 bits per heavy atom. The minimum Gasteiger partial charge on any atom is -0.361 e. The molecule has 2 aromatic carbocycles. The summed E-state index contributed by atoms with van der Waals surface area (Å²) in [6.45, 7) is 15.0. The summed E-state index contributed by atoms with van der Waals surface area (Å²) in [5.41, 5.74) is 0.942. The van der Waals surface area contributed by atoms with Crippen molar-refractivity contribution < 1.29 is 28.7 Å². The lowest BCUT2D eigenvalue weighted by molar-refractivity contribution is -0.135. The average Bonchev–Trinajstić information content (AvgIpc) is 3.93. The van der Waals surface area contributed by atoms with Crippen LogP contribution in [0.25, 0.3) is 0 Å². The zero-order valence-corrected chi connectivity index (χ0v) is 34.5. The third-order valence-corrected chi connectivity index (χ3v) is 10.6. The van der Waals surface area contributed by atoms with Crippen molar-refractivity contribution in [3.63, 3.8) is 0 Å². The van der Waals surface area contributed by atoms with Crippen LogP contribution in [0.15, 0.2) is 60.7 Å². The van der Waals surface area contributed by atoms with E-state index in [4.69, 9.17) is 4.74 Å². The van der Waals surface area contributed by atoms with Crippen LogP contribution in [0.2, 0.25) is 0 Å². The van der Waals surface area contributed by atoms with Gasteiger partial charge in [0.05, 0.1) is 12.6 Å². The Hall–Kier alpha value is -4.13. The van der Waals surface area contributed by atoms with E-state index in [1.165, 1.54) is 0 Å². The third-order valence-electron chi connectivity index (χ3n) is 10.6. The van der Waals surface area contributed by atoms with E-state index >= 15 is 0 Å². The summed E-state index contributed by atoms with van der Waals surface area (Å²) in [6.07, 6.45) is 3.74. The molecule has 308 valence electrons. The fourth-order valence-corrected chi connectivity index (χ4v) is 7.08. The summed E-state index contributed by atoms with van der Waals surface area (Å²) in [7, 11) is 2.13. The number of epoxide rings is 1. The zero-order valence-electron chi connectivity index (χ0n) is 34.5. The van der Waals surface area contributed by atoms with Crippen LogP contribution in [0, 0.1) is 11.8 Å². The first-order valence-electron chi connectivity index (χ1n) is 20.6. The van der Waals surface area contributed by atoms with Gasteiger partial charge < -0.3 is 35.8 Å². The largest absolute Gasteiger partial charge is 0.361 e. The molecular weight excluding hydrogens is 709 g/mol. The first-order chi connectivity index (χ1) is 26.7. The van der Waals surface area contributed by atoms with Crippen LogP contribution in [0.3, 0.4) is 0 Å². The standard InChI is InChI=1S/C44H66N6O6/c1-31(2)27-36(40(52)44(5)30-56-44)46-43(55)38(29-34-17-11-8-12-18-34)48-42(54)37(28-32(3)4)47-41(53)35(21-20-33-15-9-7-10-16-33)45-39(51)19-13-14-22-50-25-23-49(6)24-26-50/h7-12,15-18,31-32,35-38H,13-14,19-30H2,1-6H3,(H,45,51)(H,46,55)(H,47,53)(H,48,54)/t35-,36?,37?,38-,44+/m0/s1. The summed E-state index contributed by atoms with van der Waals surface area (Å²) >= 11 is 0. The normalized spacial score (nSPS) is 19.4. The van der Waals surface area contributed by atoms with Gasteiger partial charge in [-0.3, -0.25) is 24.0 Å². The molecule has 4 rings (SSSR count). The number of rotatable bonds is 23. The molecule has 0 spiro atoms. The summed E-state index contributed by atoms with van der Waals surface area (Å²) in [5, 5.41) is 11.8. The van der Waals surface area contributed by atoms with E-state index < -0.39 is 47.5 Å². The summed E-state index contributed by atoms with van der Waals surface area (Å²) in [6, 6.07) is 15.5. The maximum atomic E-state index is 14.1. The van der Waals surface area contributed by atoms with Crippen molar-refractivity contribution in [2.45, 2.75) is 116 Å². The van der Waals surface area contributed by atoms with Gasteiger partial charge in [-0.2, -0.15) is 0 Å². The van der Waals surface area contributed by atoms with Crippen LogP contribution in [0.5, 0.6) is 0 Å². The van der Waals surface area contributed by atoms with Crippen molar-refractivity contribution in [3.05, 3.63) is 71.8 Å². The molecule has 2 saturated heterocycles. The van der Waals surface area contributed by atoms with Crippen LogP contribution < -0.4 is 21.3 Å². The second-order valence-electron chi connectivity index (χ2n) is 16.8. The minimum atomic E-state index is -1.02. The summed E-state index contributed by atoms with van der Waals surface area (Å²) in [4.78, 5) is 73.6. The topological polar surface area (TPSA) is 152 Å². The molecule has 2 aliphatic heterocycles. The molecule has 0 aromatic heterocycles. The predicted molar refractivity (Wildman–Crippen MR) is 219 cm³/mol. The summed E-state index contributed by atoms with van der Waals surface area (Å²) in [5.74, 6) is -1.68. The number of aryl methyl sites for hydroxylation is 1. The molecule has 2 aliphatic rings. The number of hydrogen-bond donors (Lipinski definition) is 4. The second-order valence-corrected chi connectivity index (χ2v) is 16.8. The Kier molecular flexibility index (Phi) is 17.5. The molecule has 56 heavy (non-hydrogen) atoms. The zero-order chi connectivity index (χ0) is 40.7. The van der Waals surface area contributed by atoms with Crippen LogP contribution in [0.4, 0.5) is 0 Å². The lowest BCUT2D eigenvalue weighted by Gasteiger charge is -2.32. The van der Waals surface area contributed by atoms with Gasteiger partial charge in [0.2, 0.25) is 23.6 Å². The van der Waals surface area contributed by atoms with Crippen molar-refractivity contribution in [2.24, 2.45) is 11.8 Å². The number of amides is 4. The quantitative estimate of drug-likeness (QED) is 0.0987. The highest BCUT2D eigenvalue weighted by Gasteiger charge is 2.50. The van der Waals surface area contributed by atoms with Gasteiger partial charge in [0, 0.05) is 39.0 Å². The Labute approximate surface area is 334 Å². The minimum absolute atomic E-state index is 0.0254. The SMILES string of the molecule is CC(C)CC(NC(=O)[C@H](CCc1ccccc1)NC(=O)CCCCN1CCN(C)CC1)C(=O)N[C@@H](Cc1ccccc1)C(=O)NC(CC(C)C)C(=O)[C@@]1(C)CO1. The molecule has 0 saturated carbocycles. The van der Waals surface area contributed by atoms with Crippen LogP contribution in [-0.4, -0.2) is 115 Å². The van der Waals surface area contributed by atoms with E-state index in [0.717, 1.165) is 50.3 Å². The molecule has 4 N–H and O–H groups in total. The first-order valence-corrected chi connectivity index (χ1v) is 20.6. The van der Waals surface area contributed by atoms with E-state index in [-0.39, 0.29) is 29.9 Å². The molecule has 0 bridgehead atoms. The third kappa shape index (κ3) is 15.1. The monoisotopic (exact) mass is 775 g/mol. The first kappa shape index (κ1) is 44.6. The fraction of sp³-hybridized carbons (Fsp3) is 0.614. The molecule has 12 nitrogen and oxygen atoms in total. The highest BCUT2D eigenvalue weighted by molar-refractivity contribution is 5.98. The fourth-order valence-electron chi connectivity index (χ4n) is 7.08. The second kappa shape index (κ2) is 22.0. The number of ether oxygens (including phenoxy) is 1. The van der Waals surface area contributed by atoms with E-state index in [1.54, 1.807) is 6.92 Å². The van der Waals surface area contributed by atoms with Gasteiger partial charge in [0.15, 0.2) is 5.78 Å². The molecule has 0 aliphatic carbocycles. The van der Waals surface area contributed by atoms with E-state index in [2.05, 4.69) is 38.1 Å². The van der Waals surface area contributed by atoms with E-state index in [1.807, 2.05) is 88.4 Å². The predicted octanol–water partition coefficient (Wildman–Crippen LogP) is 3.67. The Morgan fingerprint density at radius 2 is 1.20 bits per heavy atom. The number of Topliss-reactive ketones (excluding diaryl/α,β-unsaturated/α-hetero) is 1. The molecule has 2 fully saturated rings. The van der Waals surface area contributed by atoms with Gasteiger partial charge in [-0.15, -0.1) is 0 Å². The van der Waals surface area contributed by atoms with Crippen molar-refractivity contribution in [1.82, 2.24) is 31.1 Å². The lowest BCUT2D eigenvalue weighted by atomic mass is 9.93. The number of ketones is 1. The van der Waals surface area contributed by atoms with Gasteiger partial charge in [0.25, 0.3) is 0 Å². The number of unbranched alkanes of at least 4 members (excludes halogenated alkanes) is 1.